The predicted octanol–water partition coefficient (Wildman–Crippen LogP) is 1.46. The molecule has 1 aromatic rings. The summed E-state index contributed by atoms with van der Waals surface area (Å²) in [5.41, 5.74) is 1.31. The SMILES string of the molecule is C=C(C)C(=O)N[C@@H](Cc1ccccc1)C(=O)OC. The minimum absolute atomic E-state index is 0.346. The molecule has 1 amide bonds. The minimum atomic E-state index is -0.693. The van der Waals surface area contributed by atoms with E-state index in [9.17, 15) is 9.59 Å². The quantitative estimate of drug-likeness (QED) is 0.633. The zero-order valence-electron chi connectivity index (χ0n) is 10.6. The van der Waals surface area contributed by atoms with Gasteiger partial charge in [0.25, 0.3) is 0 Å². The fourth-order valence-electron chi connectivity index (χ4n) is 1.47. The van der Waals surface area contributed by atoms with E-state index < -0.39 is 12.0 Å². The molecule has 0 saturated heterocycles. The highest BCUT2D eigenvalue weighted by Gasteiger charge is 2.21. The normalized spacial score (nSPS) is 11.4. The Morgan fingerprint density at radius 1 is 1.33 bits per heavy atom. The molecule has 0 radical (unpaired) electrons. The second-order valence-electron chi connectivity index (χ2n) is 4.02. The van der Waals surface area contributed by atoms with Crippen molar-refractivity contribution < 1.29 is 14.3 Å². The molecule has 0 saturated carbocycles. The molecule has 1 aromatic carbocycles. The number of carbonyl (C=O) groups excluding carboxylic acids is 2. The molecule has 0 bridgehead atoms. The largest absolute Gasteiger partial charge is 0.467 e. The number of esters is 1. The van der Waals surface area contributed by atoms with Crippen LogP contribution >= 0.6 is 0 Å². The summed E-state index contributed by atoms with van der Waals surface area (Å²) in [7, 11) is 1.30. The van der Waals surface area contributed by atoms with Gasteiger partial charge in [-0.2, -0.15) is 0 Å². The average molecular weight is 247 g/mol. The summed E-state index contributed by atoms with van der Waals surface area (Å²) in [6, 6.07) is 8.74. The second-order valence-corrected chi connectivity index (χ2v) is 4.02. The molecule has 0 fully saturated rings. The van der Waals surface area contributed by atoms with Crippen LogP contribution in [0.4, 0.5) is 0 Å². The Morgan fingerprint density at radius 2 is 1.94 bits per heavy atom. The van der Waals surface area contributed by atoms with Crippen LogP contribution in [0.15, 0.2) is 42.5 Å². The number of nitrogens with one attached hydrogen (secondary N) is 1. The van der Waals surface area contributed by atoms with E-state index >= 15 is 0 Å². The van der Waals surface area contributed by atoms with Crippen LogP contribution in [0.5, 0.6) is 0 Å². The Bertz CT molecular complexity index is 440. The van der Waals surface area contributed by atoms with Crippen molar-refractivity contribution in [1.29, 1.82) is 0 Å². The molecule has 18 heavy (non-hydrogen) atoms. The first kappa shape index (κ1) is 14.0. The number of methoxy groups -OCH3 is 1. The van der Waals surface area contributed by atoms with E-state index in [1.54, 1.807) is 6.92 Å². The highest BCUT2D eigenvalue weighted by atomic mass is 16.5. The summed E-state index contributed by atoms with van der Waals surface area (Å²) in [5.74, 6) is -0.810. The highest BCUT2D eigenvalue weighted by molar-refractivity contribution is 5.95. The lowest BCUT2D eigenvalue weighted by atomic mass is 10.1. The summed E-state index contributed by atoms with van der Waals surface area (Å²) >= 11 is 0. The third kappa shape index (κ3) is 4.05. The monoisotopic (exact) mass is 247 g/mol. The first-order valence-corrected chi connectivity index (χ1v) is 5.62. The molecule has 4 nitrogen and oxygen atoms in total. The van der Waals surface area contributed by atoms with Gasteiger partial charge in [-0.25, -0.2) is 4.79 Å². The van der Waals surface area contributed by atoms with Crippen LogP contribution in [-0.4, -0.2) is 25.0 Å². The van der Waals surface area contributed by atoms with Crippen molar-refractivity contribution in [2.45, 2.75) is 19.4 Å². The summed E-state index contributed by atoms with van der Waals surface area (Å²) < 4.78 is 4.68. The van der Waals surface area contributed by atoms with Gasteiger partial charge in [0.1, 0.15) is 6.04 Å². The summed E-state index contributed by atoms with van der Waals surface area (Å²) in [6.45, 7) is 5.13. The van der Waals surface area contributed by atoms with E-state index in [0.717, 1.165) is 5.56 Å². The fraction of sp³-hybridized carbons (Fsp3) is 0.286. The van der Waals surface area contributed by atoms with Crippen LogP contribution in [0.25, 0.3) is 0 Å². The van der Waals surface area contributed by atoms with Gasteiger partial charge in [-0.3, -0.25) is 4.79 Å². The van der Waals surface area contributed by atoms with E-state index in [0.29, 0.717) is 12.0 Å². The number of hydrogen-bond acceptors (Lipinski definition) is 3. The third-order valence-corrected chi connectivity index (χ3v) is 2.46. The standard InChI is InChI=1S/C14H17NO3/c1-10(2)13(16)15-12(14(17)18-3)9-11-7-5-4-6-8-11/h4-8,12H,1,9H2,2-3H3,(H,15,16)/t12-/m0/s1. The maximum atomic E-state index is 11.6. The molecule has 1 rings (SSSR count). The van der Waals surface area contributed by atoms with Crippen LogP contribution in [0.1, 0.15) is 12.5 Å². The maximum Gasteiger partial charge on any atom is 0.328 e. The van der Waals surface area contributed by atoms with Crippen LogP contribution in [0, 0.1) is 0 Å². The zero-order valence-corrected chi connectivity index (χ0v) is 10.6. The first-order chi connectivity index (χ1) is 8.54. The van der Waals surface area contributed by atoms with Crippen LogP contribution in [-0.2, 0) is 20.7 Å². The van der Waals surface area contributed by atoms with Crippen molar-refractivity contribution in [2.75, 3.05) is 7.11 Å². The average Bonchev–Trinajstić information content (AvgIpc) is 2.38. The smallest absolute Gasteiger partial charge is 0.328 e. The topological polar surface area (TPSA) is 55.4 Å². The van der Waals surface area contributed by atoms with Crippen LogP contribution < -0.4 is 5.32 Å². The molecule has 1 N–H and O–H groups in total. The number of amides is 1. The molecule has 0 aromatic heterocycles. The van der Waals surface area contributed by atoms with Crippen molar-refractivity contribution in [3.8, 4) is 0 Å². The molecule has 4 heteroatoms. The van der Waals surface area contributed by atoms with Crippen molar-refractivity contribution in [3.63, 3.8) is 0 Å². The number of carbonyl (C=O) groups is 2. The van der Waals surface area contributed by atoms with Gasteiger partial charge < -0.3 is 10.1 Å². The molecule has 0 aliphatic carbocycles. The van der Waals surface area contributed by atoms with Crippen molar-refractivity contribution in [1.82, 2.24) is 5.32 Å². The lowest BCUT2D eigenvalue weighted by molar-refractivity contribution is -0.144. The predicted molar refractivity (Wildman–Crippen MR) is 68.9 cm³/mol. The lowest BCUT2D eigenvalue weighted by Crippen LogP contribution is -2.43. The van der Waals surface area contributed by atoms with Gasteiger partial charge >= 0.3 is 5.97 Å². The van der Waals surface area contributed by atoms with E-state index in [4.69, 9.17) is 0 Å². The number of hydrogen-bond donors (Lipinski definition) is 1. The summed E-state index contributed by atoms with van der Waals surface area (Å²) in [5, 5.41) is 2.60. The summed E-state index contributed by atoms with van der Waals surface area (Å²) in [4.78, 5) is 23.2. The van der Waals surface area contributed by atoms with Gasteiger partial charge in [-0.1, -0.05) is 36.9 Å². The lowest BCUT2D eigenvalue weighted by Gasteiger charge is -2.16. The third-order valence-electron chi connectivity index (χ3n) is 2.46. The van der Waals surface area contributed by atoms with Gasteiger partial charge in [0, 0.05) is 12.0 Å². The van der Waals surface area contributed by atoms with Gasteiger partial charge in [-0.15, -0.1) is 0 Å². The summed E-state index contributed by atoms with van der Waals surface area (Å²) in [6.07, 6.45) is 0.395. The molecule has 0 unspecified atom stereocenters. The molecule has 0 aliphatic heterocycles. The fourth-order valence-corrected chi connectivity index (χ4v) is 1.47. The van der Waals surface area contributed by atoms with E-state index in [-0.39, 0.29) is 5.91 Å². The number of ether oxygens (including phenoxy) is 1. The van der Waals surface area contributed by atoms with Crippen molar-refractivity contribution in [3.05, 3.63) is 48.0 Å². The second kappa shape index (κ2) is 6.59. The Kier molecular flexibility index (Phi) is 5.11. The number of rotatable bonds is 5. The van der Waals surface area contributed by atoms with Crippen LogP contribution in [0.3, 0.4) is 0 Å². The number of benzene rings is 1. The van der Waals surface area contributed by atoms with E-state index in [1.807, 2.05) is 30.3 Å². The van der Waals surface area contributed by atoms with Crippen molar-refractivity contribution in [2.24, 2.45) is 0 Å². The van der Waals surface area contributed by atoms with Gasteiger partial charge in [0.2, 0.25) is 5.91 Å². The zero-order chi connectivity index (χ0) is 13.5. The van der Waals surface area contributed by atoms with Crippen molar-refractivity contribution >= 4 is 11.9 Å². The molecule has 0 heterocycles. The minimum Gasteiger partial charge on any atom is -0.467 e. The Morgan fingerprint density at radius 3 is 2.44 bits per heavy atom. The maximum absolute atomic E-state index is 11.6. The van der Waals surface area contributed by atoms with Gasteiger partial charge in [0.15, 0.2) is 0 Å². The highest BCUT2D eigenvalue weighted by Crippen LogP contribution is 2.05. The molecular weight excluding hydrogens is 230 g/mol. The van der Waals surface area contributed by atoms with Gasteiger partial charge in [-0.05, 0) is 12.5 Å². The first-order valence-electron chi connectivity index (χ1n) is 5.62. The molecule has 1 atom stereocenters. The molecule has 0 aliphatic rings. The van der Waals surface area contributed by atoms with E-state index in [2.05, 4.69) is 16.6 Å². The van der Waals surface area contributed by atoms with Gasteiger partial charge in [0.05, 0.1) is 7.11 Å². The van der Waals surface area contributed by atoms with Crippen LogP contribution in [0.2, 0.25) is 0 Å². The molecular formula is C14H17NO3. The molecule has 96 valence electrons. The van der Waals surface area contributed by atoms with E-state index in [1.165, 1.54) is 7.11 Å². The Balaban J connectivity index is 2.76. The Labute approximate surface area is 107 Å². The Hall–Kier alpha value is -2.10. The molecule has 0 spiro atoms.